The Morgan fingerprint density at radius 1 is 0.395 bits per heavy atom. The van der Waals surface area contributed by atoms with Gasteiger partial charge in [0.1, 0.15) is 0 Å². The molecule has 4 heteroatoms. The summed E-state index contributed by atoms with van der Waals surface area (Å²) in [6.07, 6.45) is 0. The molecule has 2 unspecified atom stereocenters. The van der Waals surface area contributed by atoms with E-state index in [0.29, 0.717) is 0 Å². The molecule has 178 valence electrons. The fourth-order valence-corrected chi connectivity index (χ4v) is 14.9. The second-order valence-corrected chi connectivity index (χ2v) is 16.1. The molecule has 0 radical (unpaired) electrons. The highest BCUT2D eigenvalue weighted by Gasteiger charge is 2.23. The first-order valence-electron chi connectivity index (χ1n) is 12.8. The van der Waals surface area contributed by atoms with E-state index >= 15 is 0 Å². The summed E-state index contributed by atoms with van der Waals surface area (Å²) in [7, 11) is -1.20. The lowest BCUT2D eigenvalue weighted by Gasteiger charge is -2.06. The summed E-state index contributed by atoms with van der Waals surface area (Å²) < 4.78 is 5.79. The van der Waals surface area contributed by atoms with Crippen LogP contribution in [-0.4, -0.2) is 0 Å². The third-order valence-corrected chi connectivity index (χ3v) is 15.6. The molecule has 5 aromatic carbocycles. The fourth-order valence-electron chi connectivity index (χ4n) is 6.11. The van der Waals surface area contributed by atoms with E-state index in [9.17, 15) is 0 Å². The molecule has 0 aliphatic rings. The molecule has 0 amide bonds. The molecule has 0 nitrogen and oxygen atoms in total. The maximum Gasteiger partial charge on any atom is 0.0480 e. The summed E-state index contributed by atoms with van der Waals surface area (Å²) in [5.41, 5.74) is 0. The lowest BCUT2D eigenvalue weighted by molar-refractivity contribution is 1.76. The van der Waals surface area contributed by atoms with Crippen molar-refractivity contribution in [3.05, 3.63) is 121 Å². The molecule has 4 aromatic heterocycles. The first-order chi connectivity index (χ1) is 18.9. The second kappa shape index (κ2) is 8.06. The van der Waals surface area contributed by atoms with Crippen LogP contribution in [0.25, 0.3) is 71.4 Å². The number of rotatable bonds is 2. The molecule has 0 aliphatic carbocycles. The highest BCUT2D eigenvalue weighted by Crippen LogP contribution is 2.64. The van der Waals surface area contributed by atoms with Crippen molar-refractivity contribution in [1.29, 1.82) is 0 Å². The van der Waals surface area contributed by atoms with Gasteiger partial charge in [-0.2, -0.15) is 0 Å². The van der Waals surface area contributed by atoms with Crippen molar-refractivity contribution in [2.75, 3.05) is 0 Å². The van der Waals surface area contributed by atoms with Crippen LogP contribution in [0.3, 0.4) is 0 Å². The van der Waals surface area contributed by atoms with Gasteiger partial charge in [-0.05, 0) is 34.9 Å². The van der Waals surface area contributed by atoms with E-state index in [1.54, 1.807) is 10.2 Å². The normalized spacial score (nSPS) is 13.2. The van der Waals surface area contributed by atoms with Gasteiger partial charge in [0.05, 0.1) is 0 Å². The number of benzene rings is 5. The van der Waals surface area contributed by atoms with E-state index in [0.717, 1.165) is 0 Å². The monoisotopic (exact) mass is 554 g/mol. The molecule has 4 heterocycles. The molecule has 0 fully saturated rings. The number of hydrogen-bond donors (Lipinski definition) is 0. The van der Waals surface area contributed by atoms with Crippen molar-refractivity contribution < 1.29 is 0 Å². The van der Waals surface area contributed by atoms with E-state index in [-0.39, 0.29) is 0 Å². The van der Waals surface area contributed by atoms with Crippen LogP contribution in [0.2, 0.25) is 0 Å². The first-order valence-corrected chi connectivity index (χ1v) is 17.1. The Hall–Kier alpha value is -3.38. The van der Waals surface area contributed by atoms with E-state index in [1.807, 2.05) is 22.7 Å². The minimum absolute atomic E-state index is 0.600. The highest BCUT2D eigenvalue weighted by atomic mass is 32.1. The van der Waals surface area contributed by atoms with Gasteiger partial charge in [0.2, 0.25) is 0 Å². The second-order valence-electron chi connectivity index (χ2n) is 9.78. The Balaban J connectivity index is 1.54. The molecule has 0 N–H and O–H groups in total. The zero-order valence-corrected chi connectivity index (χ0v) is 23.7. The lowest BCUT2D eigenvalue weighted by atomic mass is 10.2. The van der Waals surface area contributed by atoms with Crippen LogP contribution in [0.1, 0.15) is 0 Å². The van der Waals surface area contributed by atoms with Crippen molar-refractivity contribution >= 4 is 98.6 Å². The summed E-state index contributed by atoms with van der Waals surface area (Å²) in [5.74, 6) is 0. The predicted octanol–water partition coefficient (Wildman–Crippen LogP) is 12.7. The summed E-state index contributed by atoms with van der Waals surface area (Å²) in [4.78, 5) is 0. The smallest absolute Gasteiger partial charge is 0.0480 e. The predicted molar refractivity (Wildman–Crippen MR) is 175 cm³/mol. The van der Waals surface area contributed by atoms with Crippen molar-refractivity contribution in [1.82, 2.24) is 0 Å². The Labute approximate surface area is 229 Å². The molecule has 0 saturated carbocycles. The van der Waals surface area contributed by atoms with E-state index in [2.05, 4.69) is 121 Å². The van der Waals surface area contributed by atoms with Gasteiger partial charge in [-0.1, -0.05) is 112 Å². The van der Waals surface area contributed by atoms with Crippen LogP contribution < -0.4 is 0 Å². The topological polar surface area (TPSA) is 0 Å². The van der Waals surface area contributed by atoms with Gasteiger partial charge in [0.25, 0.3) is 0 Å². The molecule has 0 bridgehead atoms. The third-order valence-electron chi connectivity index (χ3n) is 7.70. The molecular weight excluding hydrogens is 534 g/mol. The molecule has 9 aromatic rings. The van der Waals surface area contributed by atoms with E-state index in [4.69, 9.17) is 0 Å². The summed E-state index contributed by atoms with van der Waals surface area (Å²) >= 11 is 3.97. The minimum Gasteiger partial charge on any atom is -0.134 e. The SMILES string of the molecule is c1ccc(-p2c3cc4c5sc6ccccc6c5p(-c5ccccc5)c4cc3c3sc4ccccc4c32)cc1. The van der Waals surface area contributed by atoms with Gasteiger partial charge in [0, 0.05) is 60.8 Å². The Morgan fingerprint density at radius 3 is 1.24 bits per heavy atom. The van der Waals surface area contributed by atoms with Crippen LogP contribution in [0.4, 0.5) is 0 Å². The molecule has 38 heavy (non-hydrogen) atoms. The van der Waals surface area contributed by atoms with Gasteiger partial charge >= 0.3 is 0 Å². The van der Waals surface area contributed by atoms with Crippen LogP contribution in [0, 0.1) is 0 Å². The molecule has 0 spiro atoms. The zero-order chi connectivity index (χ0) is 24.8. The van der Waals surface area contributed by atoms with Crippen molar-refractivity contribution in [3.8, 4) is 10.6 Å². The largest absolute Gasteiger partial charge is 0.134 e. The van der Waals surface area contributed by atoms with Crippen molar-refractivity contribution in [3.63, 3.8) is 0 Å². The van der Waals surface area contributed by atoms with Gasteiger partial charge < -0.3 is 0 Å². The van der Waals surface area contributed by atoms with Crippen LogP contribution >= 0.6 is 37.7 Å². The van der Waals surface area contributed by atoms with E-state index < -0.39 is 15.1 Å². The number of thiophene rings is 2. The fraction of sp³-hybridized carbons (Fsp3) is 0. The molecular formula is C34H20P2S2. The van der Waals surface area contributed by atoms with Crippen molar-refractivity contribution in [2.45, 2.75) is 0 Å². The Morgan fingerprint density at radius 2 is 0.789 bits per heavy atom. The average Bonchev–Trinajstić information content (AvgIpc) is 3.69. The summed E-state index contributed by atoms with van der Waals surface area (Å²) in [5, 5.41) is 14.9. The van der Waals surface area contributed by atoms with Crippen molar-refractivity contribution in [2.24, 2.45) is 0 Å². The molecule has 9 rings (SSSR count). The summed E-state index contributed by atoms with van der Waals surface area (Å²) in [6, 6.07) is 45.7. The Kier molecular flexibility index (Phi) is 4.57. The molecule has 2 atom stereocenters. The third kappa shape index (κ3) is 2.87. The number of fused-ring (bicyclic) bond motifs is 10. The molecule has 0 aliphatic heterocycles. The minimum atomic E-state index is -0.600. The van der Waals surface area contributed by atoms with Gasteiger partial charge in [0.15, 0.2) is 0 Å². The zero-order valence-electron chi connectivity index (χ0n) is 20.3. The maximum atomic E-state index is 2.60. The van der Waals surface area contributed by atoms with E-state index in [1.165, 1.54) is 61.2 Å². The quantitative estimate of drug-likeness (QED) is 0.199. The van der Waals surface area contributed by atoms with Gasteiger partial charge in [-0.25, -0.2) is 0 Å². The lowest BCUT2D eigenvalue weighted by Crippen LogP contribution is -1.70. The van der Waals surface area contributed by atoms with Gasteiger partial charge in [-0.3, -0.25) is 0 Å². The van der Waals surface area contributed by atoms with Crippen LogP contribution in [0.5, 0.6) is 0 Å². The van der Waals surface area contributed by atoms with Crippen LogP contribution in [-0.2, 0) is 0 Å². The average molecular weight is 555 g/mol. The van der Waals surface area contributed by atoms with Gasteiger partial charge in [-0.15, -0.1) is 22.7 Å². The first kappa shape index (κ1) is 21.5. The molecule has 0 saturated heterocycles. The van der Waals surface area contributed by atoms with Crippen LogP contribution in [0.15, 0.2) is 121 Å². The number of hydrogen-bond acceptors (Lipinski definition) is 2. The highest BCUT2D eigenvalue weighted by molar-refractivity contribution is 7.70. The summed E-state index contributed by atoms with van der Waals surface area (Å²) in [6.45, 7) is 0. The standard InChI is InChI=1S/C34H20P2S2/c1-3-11-21(12-4-1)35-27-19-26-28(20-25(27)33-31(35)23-15-7-9-17-29(23)37-33)36(22-13-5-2-6-14-22)32-24-16-8-10-18-30(24)38-34(26)32/h1-20H. The maximum absolute atomic E-state index is 2.60. The Bertz CT molecular complexity index is 2160.